The predicted octanol–water partition coefficient (Wildman–Crippen LogP) is 5.25. The van der Waals surface area contributed by atoms with Crippen LogP contribution < -0.4 is 4.74 Å². The molecule has 21 heavy (non-hydrogen) atoms. The largest absolute Gasteiger partial charge is 0.467 e. The van der Waals surface area contributed by atoms with Crippen LogP contribution in [0.5, 0.6) is 5.75 Å². The summed E-state index contributed by atoms with van der Waals surface area (Å²) in [4.78, 5) is 0. The third kappa shape index (κ3) is 5.33. The van der Waals surface area contributed by atoms with Gasteiger partial charge in [0.05, 0.1) is 0 Å². The summed E-state index contributed by atoms with van der Waals surface area (Å²) in [5, 5.41) is 0. The van der Waals surface area contributed by atoms with Gasteiger partial charge in [0.25, 0.3) is 0 Å². The fourth-order valence-electron chi connectivity index (χ4n) is 2.23. The first-order valence-electron chi connectivity index (χ1n) is 7.87. The van der Waals surface area contributed by atoms with Gasteiger partial charge in [-0.05, 0) is 49.9 Å². The number of aryl methyl sites for hydroxylation is 1. The van der Waals surface area contributed by atoms with Gasteiger partial charge >= 0.3 is 0 Å². The summed E-state index contributed by atoms with van der Waals surface area (Å²) in [5.74, 6) is 0.958. The highest BCUT2D eigenvalue weighted by Crippen LogP contribution is 2.39. The van der Waals surface area contributed by atoms with Crippen LogP contribution in [0.3, 0.4) is 0 Å². The molecule has 0 atom stereocenters. The Morgan fingerprint density at radius 3 is 2.52 bits per heavy atom. The molecule has 2 nitrogen and oxygen atoms in total. The molecule has 0 amide bonds. The van der Waals surface area contributed by atoms with E-state index in [1.165, 1.54) is 35.6 Å². The second-order valence-corrected chi connectivity index (χ2v) is 12.8. The maximum atomic E-state index is 5.89. The van der Waals surface area contributed by atoms with E-state index in [1.807, 2.05) is 0 Å². The Morgan fingerprint density at radius 1 is 1.19 bits per heavy atom. The van der Waals surface area contributed by atoms with Gasteiger partial charge in [0, 0.05) is 20.2 Å². The Balaban J connectivity index is 1.93. The quantitative estimate of drug-likeness (QED) is 0.389. The van der Waals surface area contributed by atoms with Crippen LogP contribution in [0.2, 0.25) is 25.7 Å². The normalized spacial score (nSPS) is 14.2. The molecule has 1 aromatic carbocycles. The lowest BCUT2D eigenvalue weighted by Gasteiger charge is -2.16. The number of allylic oxidation sites excluding steroid dienone is 2. The van der Waals surface area contributed by atoms with E-state index in [0.717, 1.165) is 12.4 Å². The lowest BCUT2D eigenvalue weighted by atomic mass is 10.0. The van der Waals surface area contributed by atoms with Crippen molar-refractivity contribution >= 4 is 13.6 Å². The average Bonchev–Trinajstić information content (AvgIpc) is 3.20. The molecule has 0 N–H and O–H groups in total. The highest BCUT2D eigenvalue weighted by atomic mass is 28.3. The van der Waals surface area contributed by atoms with E-state index in [-0.39, 0.29) is 0 Å². The summed E-state index contributed by atoms with van der Waals surface area (Å²) in [5.41, 5.74) is 5.39. The van der Waals surface area contributed by atoms with E-state index in [0.29, 0.717) is 6.79 Å². The molecular weight excluding hydrogens is 276 g/mol. The molecule has 1 saturated carbocycles. The van der Waals surface area contributed by atoms with Crippen LogP contribution in [0.25, 0.3) is 5.57 Å². The number of ether oxygens (including phenoxy) is 2. The molecule has 1 aliphatic rings. The molecule has 2 rings (SSSR count). The molecular formula is C18H28O2Si. The van der Waals surface area contributed by atoms with Crippen LogP contribution in [-0.4, -0.2) is 21.5 Å². The molecule has 116 valence electrons. The second-order valence-electron chi connectivity index (χ2n) is 7.21. The van der Waals surface area contributed by atoms with Crippen LogP contribution in [0.4, 0.5) is 0 Å². The van der Waals surface area contributed by atoms with Crippen LogP contribution >= 0.6 is 0 Å². The predicted molar refractivity (Wildman–Crippen MR) is 92.6 cm³/mol. The van der Waals surface area contributed by atoms with Crippen molar-refractivity contribution in [3.05, 3.63) is 34.9 Å². The zero-order valence-electron chi connectivity index (χ0n) is 14.1. The fraction of sp³-hybridized carbons (Fsp3) is 0.556. The first-order chi connectivity index (χ1) is 9.87. The van der Waals surface area contributed by atoms with Crippen LogP contribution in [0.1, 0.15) is 30.9 Å². The minimum atomic E-state index is -1.02. The van der Waals surface area contributed by atoms with Gasteiger partial charge in [0.2, 0.25) is 0 Å². The molecule has 3 heteroatoms. The zero-order chi connectivity index (χ0) is 15.5. The molecule has 0 aliphatic heterocycles. The van der Waals surface area contributed by atoms with Crippen LogP contribution in [0.15, 0.2) is 23.8 Å². The van der Waals surface area contributed by atoms with E-state index in [2.05, 4.69) is 51.7 Å². The topological polar surface area (TPSA) is 18.5 Å². The molecule has 0 heterocycles. The molecule has 0 bridgehead atoms. The number of hydrogen-bond donors (Lipinski definition) is 0. The Morgan fingerprint density at radius 2 is 1.90 bits per heavy atom. The van der Waals surface area contributed by atoms with Crippen molar-refractivity contribution in [3.63, 3.8) is 0 Å². The Kier molecular flexibility index (Phi) is 5.28. The zero-order valence-corrected chi connectivity index (χ0v) is 15.1. The molecule has 1 aliphatic carbocycles. The first kappa shape index (κ1) is 16.3. The minimum Gasteiger partial charge on any atom is -0.467 e. The Hall–Kier alpha value is -1.06. The monoisotopic (exact) mass is 304 g/mol. The van der Waals surface area contributed by atoms with Crippen LogP contribution in [-0.2, 0) is 4.74 Å². The summed E-state index contributed by atoms with van der Waals surface area (Å²) < 4.78 is 11.6. The van der Waals surface area contributed by atoms with Crippen molar-refractivity contribution in [2.45, 2.75) is 52.4 Å². The van der Waals surface area contributed by atoms with E-state index in [4.69, 9.17) is 9.47 Å². The third-order valence-corrected chi connectivity index (χ3v) is 5.57. The van der Waals surface area contributed by atoms with Crippen molar-refractivity contribution < 1.29 is 9.47 Å². The van der Waals surface area contributed by atoms with Gasteiger partial charge in [-0.3, -0.25) is 0 Å². The van der Waals surface area contributed by atoms with E-state index in [1.54, 1.807) is 5.57 Å². The maximum absolute atomic E-state index is 5.89. The van der Waals surface area contributed by atoms with E-state index in [9.17, 15) is 0 Å². The van der Waals surface area contributed by atoms with Gasteiger partial charge in [0.15, 0.2) is 6.79 Å². The van der Waals surface area contributed by atoms with Gasteiger partial charge in [-0.2, -0.15) is 0 Å². The Bertz CT molecular complexity index is 521. The smallest absolute Gasteiger partial charge is 0.189 e. The molecule has 0 spiro atoms. The van der Waals surface area contributed by atoms with Gasteiger partial charge in [-0.15, -0.1) is 0 Å². The molecule has 0 aromatic heterocycles. The Labute approximate surface area is 130 Å². The number of hydrogen-bond acceptors (Lipinski definition) is 2. The van der Waals surface area contributed by atoms with Crippen molar-refractivity contribution in [1.82, 2.24) is 0 Å². The van der Waals surface area contributed by atoms with Crippen LogP contribution in [0, 0.1) is 6.92 Å². The highest BCUT2D eigenvalue weighted by Gasteiger charge is 2.18. The summed E-state index contributed by atoms with van der Waals surface area (Å²) in [7, 11) is -1.02. The fourth-order valence-corrected chi connectivity index (χ4v) is 2.99. The van der Waals surface area contributed by atoms with E-state index < -0.39 is 8.07 Å². The summed E-state index contributed by atoms with van der Waals surface area (Å²) >= 11 is 0. The lowest BCUT2D eigenvalue weighted by molar-refractivity contribution is 0.0218. The summed E-state index contributed by atoms with van der Waals surface area (Å²) in [6.45, 7) is 12.5. The molecule has 1 fully saturated rings. The van der Waals surface area contributed by atoms with Crippen molar-refractivity contribution in [2.75, 3.05) is 13.4 Å². The van der Waals surface area contributed by atoms with Gasteiger partial charge < -0.3 is 9.47 Å². The molecule has 0 unspecified atom stereocenters. The standard InChI is InChI=1S/C18H28O2Si/c1-14-6-9-17(15(2)16-7-8-16)18(12-14)20-13-19-10-11-21(3,4)5/h6,9,12H,7-8,10-11,13H2,1-5H3. The average molecular weight is 305 g/mol. The van der Waals surface area contributed by atoms with Crippen molar-refractivity contribution in [1.29, 1.82) is 0 Å². The number of benzene rings is 1. The van der Waals surface area contributed by atoms with Crippen molar-refractivity contribution in [2.24, 2.45) is 0 Å². The van der Waals surface area contributed by atoms with Gasteiger partial charge in [-0.1, -0.05) is 37.3 Å². The minimum absolute atomic E-state index is 0.351. The molecule has 1 aromatic rings. The van der Waals surface area contributed by atoms with E-state index >= 15 is 0 Å². The SMILES string of the molecule is CC(=C1CC1)c1ccc(C)cc1OCOCC[Si](C)(C)C. The first-order valence-corrected chi connectivity index (χ1v) is 11.6. The van der Waals surface area contributed by atoms with Gasteiger partial charge in [-0.25, -0.2) is 0 Å². The molecule has 0 radical (unpaired) electrons. The molecule has 0 saturated heterocycles. The lowest BCUT2D eigenvalue weighted by Crippen LogP contribution is -2.22. The maximum Gasteiger partial charge on any atom is 0.189 e. The third-order valence-electron chi connectivity index (χ3n) is 3.87. The second kappa shape index (κ2) is 6.80. The number of rotatable bonds is 7. The van der Waals surface area contributed by atoms with Crippen molar-refractivity contribution in [3.8, 4) is 5.75 Å². The highest BCUT2D eigenvalue weighted by molar-refractivity contribution is 6.76. The van der Waals surface area contributed by atoms with Gasteiger partial charge in [0.1, 0.15) is 5.75 Å². The summed E-state index contributed by atoms with van der Waals surface area (Å²) in [6.07, 6.45) is 2.48. The summed E-state index contributed by atoms with van der Waals surface area (Å²) in [6, 6.07) is 7.62.